The van der Waals surface area contributed by atoms with Crippen LogP contribution in [0.15, 0.2) is 50.2 Å². The van der Waals surface area contributed by atoms with Crippen molar-refractivity contribution < 1.29 is 18.4 Å². The summed E-state index contributed by atoms with van der Waals surface area (Å²) < 4.78 is 16.8. The summed E-state index contributed by atoms with van der Waals surface area (Å²) in [6, 6.07) is 8.48. The van der Waals surface area contributed by atoms with Crippen molar-refractivity contribution >= 4 is 16.9 Å². The van der Waals surface area contributed by atoms with Gasteiger partial charge >= 0.3 is 0 Å². The van der Waals surface area contributed by atoms with E-state index in [1.165, 1.54) is 6.07 Å². The monoisotopic (exact) mass is 396 g/mol. The van der Waals surface area contributed by atoms with Crippen LogP contribution in [0.3, 0.4) is 0 Å². The third-order valence-electron chi connectivity index (χ3n) is 5.45. The second-order valence-corrected chi connectivity index (χ2v) is 7.25. The van der Waals surface area contributed by atoms with E-state index in [9.17, 15) is 9.59 Å². The van der Waals surface area contributed by atoms with Crippen LogP contribution >= 0.6 is 0 Å². The first-order valence-corrected chi connectivity index (χ1v) is 9.72. The molecule has 1 N–H and O–H groups in total. The van der Waals surface area contributed by atoms with Crippen LogP contribution in [0.4, 0.5) is 0 Å². The molecule has 0 spiro atoms. The van der Waals surface area contributed by atoms with Crippen molar-refractivity contribution in [3.8, 4) is 0 Å². The molecule has 7 nitrogen and oxygen atoms in total. The second-order valence-electron chi connectivity index (χ2n) is 7.25. The third kappa shape index (κ3) is 3.97. The largest absolute Gasteiger partial charge is 0.468 e. The van der Waals surface area contributed by atoms with E-state index in [0.717, 1.165) is 30.0 Å². The number of nitrogens with zero attached hydrogens (tertiary/aromatic N) is 1. The van der Waals surface area contributed by atoms with E-state index in [4.69, 9.17) is 13.6 Å². The van der Waals surface area contributed by atoms with Crippen molar-refractivity contribution in [3.05, 3.63) is 69.5 Å². The number of nitrogens with one attached hydrogen (secondary N) is 1. The van der Waals surface area contributed by atoms with Crippen molar-refractivity contribution in [2.45, 2.75) is 19.9 Å². The minimum atomic E-state index is -0.422. The number of fused-ring (bicyclic) bond motifs is 1. The Morgan fingerprint density at radius 2 is 2.00 bits per heavy atom. The van der Waals surface area contributed by atoms with Crippen LogP contribution < -0.4 is 10.7 Å². The van der Waals surface area contributed by atoms with Crippen molar-refractivity contribution in [1.29, 1.82) is 0 Å². The zero-order valence-corrected chi connectivity index (χ0v) is 16.6. The van der Waals surface area contributed by atoms with Crippen LogP contribution in [-0.2, 0) is 4.74 Å². The molecule has 7 heteroatoms. The Hall–Kier alpha value is -2.90. The normalized spacial score (nSPS) is 16.1. The van der Waals surface area contributed by atoms with Gasteiger partial charge in [0.05, 0.1) is 30.9 Å². The van der Waals surface area contributed by atoms with Crippen molar-refractivity contribution in [2.24, 2.45) is 0 Å². The quantitative estimate of drug-likeness (QED) is 0.714. The minimum absolute atomic E-state index is 0.0105. The minimum Gasteiger partial charge on any atom is -0.468 e. The number of amides is 1. The number of ether oxygens (including phenoxy) is 1. The maximum atomic E-state index is 12.8. The third-order valence-corrected chi connectivity index (χ3v) is 5.45. The highest BCUT2D eigenvalue weighted by atomic mass is 16.5. The van der Waals surface area contributed by atoms with Crippen molar-refractivity contribution in [2.75, 3.05) is 32.8 Å². The number of benzene rings is 1. The van der Waals surface area contributed by atoms with Crippen LogP contribution in [0.2, 0.25) is 0 Å². The van der Waals surface area contributed by atoms with Gasteiger partial charge in [0.2, 0.25) is 0 Å². The second kappa shape index (κ2) is 8.23. The zero-order chi connectivity index (χ0) is 20.4. The van der Waals surface area contributed by atoms with Crippen LogP contribution in [0, 0.1) is 13.8 Å². The van der Waals surface area contributed by atoms with Gasteiger partial charge < -0.3 is 18.9 Å². The van der Waals surface area contributed by atoms with Gasteiger partial charge in [-0.2, -0.15) is 0 Å². The Morgan fingerprint density at radius 1 is 1.21 bits per heavy atom. The van der Waals surface area contributed by atoms with Crippen LogP contribution in [-0.4, -0.2) is 43.7 Å². The maximum absolute atomic E-state index is 12.8. The summed E-state index contributed by atoms with van der Waals surface area (Å²) in [6.45, 7) is 6.95. The molecule has 2 aromatic heterocycles. The summed E-state index contributed by atoms with van der Waals surface area (Å²) in [5, 5.41) is 3.37. The first-order valence-electron chi connectivity index (χ1n) is 9.72. The molecular formula is C22H24N2O5. The van der Waals surface area contributed by atoms with E-state index < -0.39 is 5.91 Å². The van der Waals surface area contributed by atoms with Crippen molar-refractivity contribution in [3.63, 3.8) is 0 Å². The number of carbonyl (C=O) groups excluding carboxylic acids is 1. The molecule has 0 aliphatic carbocycles. The number of hydrogen-bond donors (Lipinski definition) is 1. The Bertz CT molecular complexity index is 1060. The smallest absolute Gasteiger partial charge is 0.287 e. The Balaban J connectivity index is 1.56. The highest BCUT2D eigenvalue weighted by Crippen LogP contribution is 2.23. The first-order chi connectivity index (χ1) is 14.0. The molecule has 1 aliphatic rings. The molecule has 3 heterocycles. The van der Waals surface area contributed by atoms with E-state index in [1.807, 2.05) is 32.0 Å². The Morgan fingerprint density at radius 3 is 2.72 bits per heavy atom. The fourth-order valence-corrected chi connectivity index (χ4v) is 3.62. The lowest BCUT2D eigenvalue weighted by Gasteiger charge is -2.33. The van der Waals surface area contributed by atoms with Gasteiger partial charge in [-0.3, -0.25) is 14.5 Å². The summed E-state index contributed by atoms with van der Waals surface area (Å²) in [4.78, 5) is 27.5. The molecule has 1 aromatic carbocycles. The SMILES string of the molecule is Cc1ccc2c(=O)cc(C(=O)NC[C@@H](c3ccco3)N3CCOCC3)oc2c1C. The number of rotatable bonds is 5. The summed E-state index contributed by atoms with van der Waals surface area (Å²) in [5.41, 5.74) is 2.09. The van der Waals surface area contributed by atoms with Gasteiger partial charge in [0.15, 0.2) is 11.2 Å². The number of carbonyl (C=O) groups is 1. The number of aryl methyl sites for hydroxylation is 2. The highest BCUT2D eigenvalue weighted by Gasteiger charge is 2.26. The fraction of sp³-hybridized carbons (Fsp3) is 0.364. The molecule has 1 atom stereocenters. The molecule has 3 aromatic rings. The molecule has 1 amide bonds. The average molecular weight is 396 g/mol. The summed E-state index contributed by atoms with van der Waals surface area (Å²) in [7, 11) is 0. The molecule has 4 rings (SSSR count). The van der Waals surface area contributed by atoms with Gasteiger partial charge in [-0.05, 0) is 43.2 Å². The molecule has 0 bridgehead atoms. The molecule has 1 saturated heterocycles. The standard InChI is InChI=1S/C22H24N2O5/c1-14-5-6-16-18(25)12-20(29-21(16)15(14)2)22(26)23-13-17(19-4-3-9-28-19)24-7-10-27-11-8-24/h3-6,9,12,17H,7-8,10-11,13H2,1-2H3,(H,23,26)/t17-/m0/s1. The number of hydrogen-bond acceptors (Lipinski definition) is 6. The van der Waals surface area contributed by atoms with Gasteiger partial charge in [-0.1, -0.05) is 6.07 Å². The highest BCUT2D eigenvalue weighted by molar-refractivity contribution is 5.93. The molecule has 0 unspecified atom stereocenters. The lowest BCUT2D eigenvalue weighted by molar-refractivity contribution is 0.0117. The number of furan rings is 1. The summed E-state index contributed by atoms with van der Waals surface area (Å²) in [5.74, 6) is 0.365. The molecule has 29 heavy (non-hydrogen) atoms. The predicted octanol–water partition coefficient (Wildman–Crippen LogP) is 2.81. The molecule has 1 aliphatic heterocycles. The lowest BCUT2D eigenvalue weighted by atomic mass is 10.1. The van der Waals surface area contributed by atoms with Gasteiger partial charge in [-0.15, -0.1) is 0 Å². The van der Waals surface area contributed by atoms with Crippen LogP contribution in [0.1, 0.15) is 33.5 Å². The predicted molar refractivity (Wildman–Crippen MR) is 108 cm³/mol. The van der Waals surface area contributed by atoms with Crippen molar-refractivity contribution in [1.82, 2.24) is 10.2 Å². The van der Waals surface area contributed by atoms with E-state index in [-0.39, 0.29) is 17.2 Å². The van der Waals surface area contributed by atoms with Gasteiger partial charge in [-0.25, -0.2) is 0 Å². The molecule has 0 saturated carbocycles. The lowest BCUT2D eigenvalue weighted by Crippen LogP contribution is -2.43. The maximum Gasteiger partial charge on any atom is 0.287 e. The summed E-state index contributed by atoms with van der Waals surface area (Å²) >= 11 is 0. The van der Waals surface area contributed by atoms with E-state index in [1.54, 1.807) is 12.3 Å². The van der Waals surface area contributed by atoms with Gasteiger partial charge in [0.1, 0.15) is 11.3 Å². The first kappa shape index (κ1) is 19.4. The Kier molecular flexibility index (Phi) is 5.51. The van der Waals surface area contributed by atoms with E-state index in [0.29, 0.717) is 30.7 Å². The summed E-state index contributed by atoms with van der Waals surface area (Å²) in [6.07, 6.45) is 1.62. The van der Waals surface area contributed by atoms with Crippen LogP contribution in [0.5, 0.6) is 0 Å². The molecule has 152 valence electrons. The van der Waals surface area contributed by atoms with E-state index in [2.05, 4.69) is 10.2 Å². The average Bonchev–Trinajstić information content (AvgIpc) is 3.26. The Labute approximate surface area is 168 Å². The zero-order valence-electron chi connectivity index (χ0n) is 16.6. The molecular weight excluding hydrogens is 372 g/mol. The molecule has 1 fully saturated rings. The van der Waals surface area contributed by atoms with E-state index >= 15 is 0 Å². The van der Waals surface area contributed by atoms with Crippen LogP contribution in [0.25, 0.3) is 11.0 Å². The fourth-order valence-electron chi connectivity index (χ4n) is 3.62. The van der Waals surface area contributed by atoms with Gasteiger partial charge in [0.25, 0.3) is 5.91 Å². The van der Waals surface area contributed by atoms with Gasteiger partial charge in [0, 0.05) is 25.7 Å². The topological polar surface area (TPSA) is 84.9 Å². The molecule has 0 radical (unpaired) electrons. The number of morpholine rings is 1.